The SMILES string of the molecule is CC(NCc1ccc(NCc2cccc(Br)c2)cc1)C(N)=O. The van der Waals surface area contributed by atoms with Crippen molar-refractivity contribution in [2.45, 2.75) is 26.1 Å². The van der Waals surface area contributed by atoms with Crippen LogP contribution in [0.1, 0.15) is 18.1 Å². The third-order valence-electron chi connectivity index (χ3n) is 3.38. The molecule has 2 aromatic carbocycles. The highest BCUT2D eigenvalue weighted by Gasteiger charge is 2.06. The Morgan fingerprint density at radius 3 is 2.50 bits per heavy atom. The van der Waals surface area contributed by atoms with Gasteiger partial charge in [0.05, 0.1) is 6.04 Å². The van der Waals surface area contributed by atoms with E-state index in [1.165, 1.54) is 5.56 Å². The van der Waals surface area contributed by atoms with Crippen LogP contribution in [0.2, 0.25) is 0 Å². The lowest BCUT2D eigenvalue weighted by Gasteiger charge is -2.11. The summed E-state index contributed by atoms with van der Waals surface area (Å²) in [5.41, 5.74) is 8.61. The van der Waals surface area contributed by atoms with Gasteiger partial charge in [-0.05, 0) is 42.3 Å². The molecule has 1 atom stereocenters. The molecule has 0 spiro atoms. The zero-order valence-corrected chi connectivity index (χ0v) is 14.1. The summed E-state index contributed by atoms with van der Waals surface area (Å²) < 4.78 is 1.08. The van der Waals surface area contributed by atoms with Crippen molar-refractivity contribution in [2.24, 2.45) is 5.73 Å². The van der Waals surface area contributed by atoms with E-state index in [0.717, 1.165) is 22.3 Å². The maximum Gasteiger partial charge on any atom is 0.234 e. The quantitative estimate of drug-likeness (QED) is 0.709. The van der Waals surface area contributed by atoms with E-state index < -0.39 is 0 Å². The minimum Gasteiger partial charge on any atom is -0.381 e. The number of hydrogen-bond acceptors (Lipinski definition) is 3. The van der Waals surface area contributed by atoms with Crippen LogP contribution in [0.3, 0.4) is 0 Å². The van der Waals surface area contributed by atoms with Crippen LogP contribution in [0.5, 0.6) is 0 Å². The number of benzene rings is 2. The molecule has 116 valence electrons. The number of primary amides is 1. The van der Waals surface area contributed by atoms with Crippen LogP contribution < -0.4 is 16.4 Å². The highest BCUT2D eigenvalue weighted by Crippen LogP contribution is 2.14. The Morgan fingerprint density at radius 2 is 1.86 bits per heavy atom. The fraction of sp³-hybridized carbons (Fsp3) is 0.235. The molecule has 0 radical (unpaired) electrons. The first-order valence-electron chi connectivity index (χ1n) is 7.14. The molecular weight excluding hydrogens is 342 g/mol. The molecule has 1 unspecified atom stereocenters. The van der Waals surface area contributed by atoms with Gasteiger partial charge in [0.2, 0.25) is 5.91 Å². The molecule has 0 aliphatic carbocycles. The molecule has 1 amide bonds. The summed E-state index contributed by atoms with van der Waals surface area (Å²) in [7, 11) is 0. The predicted octanol–water partition coefficient (Wildman–Crippen LogP) is 3.02. The lowest BCUT2D eigenvalue weighted by Crippen LogP contribution is -2.38. The van der Waals surface area contributed by atoms with E-state index in [1.807, 2.05) is 36.4 Å². The predicted molar refractivity (Wildman–Crippen MR) is 93.4 cm³/mol. The van der Waals surface area contributed by atoms with E-state index >= 15 is 0 Å². The maximum atomic E-state index is 11.0. The molecule has 0 aliphatic heterocycles. The second kappa shape index (κ2) is 7.96. The Morgan fingerprint density at radius 1 is 1.14 bits per heavy atom. The van der Waals surface area contributed by atoms with E-state index in [0.29, 0.717) is 6.54 Å². The zero-order valence-electron chi connectivity index (χ0n) is 12.5. The van der Waals surface area contributed by atoms with E-state index in [-0.39, 0.29) is 11.9 Å². The average molecular weight is 362 g/mol. The molecule has 4 N–H and O–H groups in total. The van der Waals surface area contributed by atoms with Crippen LogP contribution in [0, 0.1) is 0 Å². The van der Waals surface area contributed by atoms with E-state index in [9.17, 15) is 4.79 Å². The molecule has 0 saturated carbocycles. The number of nitrogens with one attached hydrogen (secondary N) is 2. The summed E-state index contributed by atoms with van der Waals surface area (Å²) >= 11 is 3.47. The van der Waals surface area contributed by atoms with Crippen molar-refractivity contribution in [3.63, 3.8) is 0 Å². The number of hydrogen-bond donors (Lipinski definition) is 3. The number of rotatable bonds is 7. The number of halogens is 1. The van der Waals surface area contributed by atoms with Crippen molar-refractivity contribution in [3.8, 4) is 0 Å². The molecule has 0 saturated heterocycles. The lowest BCUT2D eigenvalue weighted by atomic mass is 10.2. The van der Waals surface area contributed by atoms with Gasteiger partial charge in [0.25, 0.3) is 0 Å². The molecule has 0 aromatic heterocycles. The molecule has 0 heterocycles. The third-order valence-corrected chi connectivity index (χ3v) is 3.87. The molecule has 2 aromatic rings. The standard InChI is InChI=1S/C17H20BrN3O/c1-12(17(19)22)20-10-13-5-7-16(8-6-13)21-11-14-3-2-4-15(18)9-14/h2-9,12,20-21H,10-11H2,1H3,(H2,19,22). The van der Waals surface area contributed by atoms with Gasteiger partial charge in [0.1, 0.15) is 0 Å². The topological polar surface area (TPSA) is 67.2 Å². The van der Waals surface area contributed by atoms with Gasteiger partial charge in [-0.1, -0.05) is 40.2 Å². The Kier molecular flexibility index (Phi) is 5.98. The highest BCUT2D eigenvalue weighted by atomic mass is 79.9. The number of carbonyl (C=O) groups excluding carboxylic acids is 1. The Labute approximate surface area is 139 Å². The molecular formula is C17H20BrN3O. The second-order valence-corrected chi connectivity index (χ2v) is 6.10. The van der Waals surface area contributed by atoms with Crippen molar-refractivity contribution < 1.29 is 4.79 Å². The van der Waals surface area contributed by atoms with Crippen molar-refractivity contribution in [1.82, 2.24) is 5.32 Å². The van der Waals surface area contributed by atoms with Crippen LogP contribution >= 0.6 is 15.9 Å². The molecule has 2 rings (SSSR count). The Bertz CT molecular complexity index is 628. The largest absolute Gasteiger partial charge is 0.381 e. The second-order valence-electron chi connectivity index (χ2n) is 5.19. The first-order valence-corrected chi connectivity index (χ1v) is 7.94. The summed E-state index contributed by atoms with van der Waals surface area (Å²) in [6.07, 6.45) is 0. The summed E-state index contributed by atoms with van der Waals surface area (Å²) in [5, 5.41) is 6.46. The molecule has 22 heavy (non-hydrogen) atoms. The molecule has 0 aliphatic rings. The van der Waals surface area contributed by atoms with Crippen LogP contribution in [0.25, 0.3) is 0 Å². The molecule has 0 bridgehead atoms. The number of anilines is 1. The molecule has 0 fully saturated rings. The number of nitrogens with two attached hydrogens (primary N) is 1. The van der Waals surface area contributed by atoms with Crippen LogP contribution in [0.15, 0.2) is 53.0 Å². The van der Waals surface area contributed by atoms with E-state index in [4.69, 9.17) is 5.73 Å². The highest BCUT2D eigenvalue weighted by molar-refractivity contribution is 9.10. The van der Waals surface area contributed by atoms with Gasteiger partial charge >= 0.3 is 0 Å². The average Bonchev–Trinajstić information content (AvgIpc) is 2.51. The van der Waals surface area contributed by atoms with Gasteiger partial charge in [-0.15, -0.1) is 0 Å². The van der Waals surface area contributed by atoms with Crippen molar-refractivity contribution in [3.05, 3.63) is 64.1 Å². The third kappa shape index (κ3) is 5.16. The zero-order chi connectivity index (χ0) is 15.9. The van der Waals surface area contributed by atoms with E-state index in [2.05, 4.69) is 38.7 Å². The van der Waals surface area contributed by atoms with Gasteiger partial charge in [-0.25, -0.2) is 0 Å². The van der Waals surface area contributed by atoms with Crippen LogP contribution in [-0.2, 0) is 17.9 Å². The van der Waals surface area contributed by atoms with Gasteiger partial charge in [-0.2, -0.15) is 0 Å². The first-order chi connectivity index (χ1) is 10.5. The summed E-state index contributed by atoms with van der Waals surface area (Å²) in [4.78, 5) is 11.0. The van der Waals surface area contributed by atoms with Gasteiger partial charge in [0, 0.05) is 23.2 Å². The Hall–Kier alpha value is -1.85. The van der Waals surface area contributed by atoms with Crippen molar-refractivity contribution in [2.75, 3.05) is 5.32 Å². The molecule has 5 heteroatoms. The monoisotopic (exact) mass is 361 g/mol. The smallest absolute Gasteiger partial charge is 0.234 e. The van der Waals surface area contributed by atoms with E-state index in [1.54, 1.807) is 6.92 Å². The van der Waals surface area contributed by atoms with Crippen LogP contribution in [0.4, 0.5) is 5.69 Å². The minimum atomic E-state index is -0.340. The fourth-order valence-electron chi connectivity index (χ4n) is 1.96. The summed E-state index contributed by atoms with van der Waals surface area (Å²) in [5.74, 6) is -0.340. The Balaban J connectivity index is 1.85. The lowest BCUT2D eigenvalue weighted by molar-refractivity contribution is -0.119. The summed E-state index contributed by atoms with van der Waals surface area (Å²) in [6, 6.07) is 16.0. The number of amides is 1. The minimum absolute atomic E-state index is 0.325. The van der Waals surface area contributed by atoms with Gasteiger partial charge in [0.15, 0.2) is 0 Å². The summed E-state index contributed by atoms with van der Waals surface area (Å²) in [6.45, 7) is 3.15. The normalized spacial score (nSPS) is 11.9. The maximum absolute atomic E-state index is 11.0. The van der Waals surface area contributed by atoms with Gasteiger partial charge < -0.3 is 16.4 Å². The fourth-order valence-corrected chi connectivity index (χ4v) is 2.41. The first kappa shape index (κ1) is 16.5. The molecule has 4 nitrogen and oxygen atoms in total. The van der Waals surface area contributed by atoms with Crippen molar-refractivity contribution in [1.29, 1.82) is 0 Å². The van der Waals surface area contributed by atoms with Gasteiger partial charge in [-0.3, -0.25) is 4.79 Å². The van der Waals surface area contributed by atoms with Crippen LogP contribution in [-0.4, -0.2) is 11.9 Å². The van der Waals surface area contributed by atoms with Crippen molar-refractivity contribution >= 4 is 27.5 Å². The number of carbonyl (C=O) groups is 1.